The zero-order valence-electron chi connectivity index (χ0n) is 20.2. The molecular formula is C24H29N3O6S. The molecule has 3 aromatic rings. The molecular weight excluding hydrogens is 458 g/mol. The van der Waals surface area contributed by atoms with Gasteiger partial charge in [-0.05, 0) is 51.5 Å². The van der Waals surface area contributed by atoms with Gasteiger partial charge < -0.3 is 9.26 Å². The van der Waals surface area contributed by atoms with Crippen LogP contribution in [-0.4, -0.2) is 53.9 Å². The number of sulfonamides is 1. The number of Topliss-reactive ketones (excluding diaryl/α,β-unsaturated/α-hetero) is 1. The zero-order valence-corrected chi connectivity index (χ0v) is 21.0. The van der Waals surface area contributed by atoms with Crippen LogP contribution in [0.15, 0.2) is 39.8 Å². The number of nitrogens with zero attached hydrogens (tertiary/aromatic N) is 3. The molecule has 0 aliphatic heterocycles. The number of ketones is 1. The van der Waals surface area contributed by atoms with E-state index in [4.69, 9.17) is 9.26 Å². The summed E-state index contributed by atoms with van der Waals surface area (Å²) in [5.74, 6) is 0.0659. The Hall–Kier alpha value is -3.24. The van der Waals surface area contributed by atoms with Crippen molar-refractivity contribution in [1.82, 2.24) is 14.0 Å². The highest BCUT2D eigenvalue weighted by molar-refractivity contribution is 7.89. The number of aromatic nitrogens is 2. The minimum atomic E-state index is -3.74. The number of benzene rings is 1. The molecule has 0 fully saturated rings. The largest absolute Gasteiger partial charge is 0.454 e. The summed E-state index contributed by atoms with van der Waals surface area (Å²) in [7, 11) is -3.74. The normalized spacial score (nSPS) is 11.7. The lowest BCUT2D eigenvalue weighted by Crippen LogP contribution is -2.30. The van der Waals surface area contributed by atoms with E-state index >= 15 is 0 Å². The number of carbonyl (C=O) groups is 2. The third kappa shape index (κ3) is 4.83. The van der Waals surface area contributed by atoms with Gasteiger partial charge in [-0.2, -0.15) is 4.31 Å². The van der Waals surface area contributed by atoms with Gasteiger partial charge in [-0.25, -0.2) is 13.2 Å². The van der Waals surface area contributed by atoms with Crippen molar-refractivity contribution in [3.05, 3.63) is 64.2 Å². The minimum absolute atomic E-state index is 0.00604. The molecule has 0 aliphatic rings. The van der Waals surface area contributed by atoms with Crippen molar-refractivity contribution in [2.24, 2.45) is 0 Å². The molecule has 0 spiro atoms. The van der Waals surface area contributed by atoms with Gasteiger partial charge in [-0.1, -0.05) is 25.1 Å². The van der Waals surface area contributed by atoms with Crippen LogP contribution < -0.4 is 0 Å². The maximum atomic E-state index is 12.8. The first-order chi connectivity index (χ1) is 16.0. The van der Waals surface area contributed by atoms with Gasteiger partial charge >= 0.3 is 5.97 Å². The van der Waals surface area contributed by atoms with Gasteiger partial charge in [0.15, 0.2) is 12.4 Å². The maximum Gasteiger partial charge on any atom is 0.338 e. The Bertz CT molecular complexity index is 1330. The summed E-state index contributed by atoms with van der Waals surface area (Å²) < 4.78 is 39.2. The van der Waals surface area contributed by atoms with E-state index in [1.165, 1.54) is 16.4 Å². The van der Waals surface area contributed by atoms with Crippen molar-refractivity contribution < 1.29 is 27.3 Å². The minimum Gasteiger partial charge on any atom is -0.454 e. The fraction of sp³-hybridized carbons (Fsp3) is 0.375. The van der Waals surface area contributed by atoms with E-state index in [0.29, 0.717) is 41.5 Å². The van der Waals surface area contributed by atoms with Crippen molar-refractivity contribution in [3.63, 3.8) is 0 Å². The Balaban J connectivity index is 1.80. The lowest BCUT2D eigenvalue weighted by molar-refractivity contribution is 0.0473. The van der Waals surface area contributed by atoms with Gasteiger partial charge in [-0.15, -0.1) is 0 Å². The number of hydrogen-bond acceptors (Lipinski definition) is 7. The van der Waals surface area contributed by atoms with Crippen LogP contribution >= 0.6 is 0 Å². The molecule has 9 nitrogen and oxygen atoms in total. The fourth-order valence-electron chi connectivity index (χ4n) is 3.84. The van der Waals surface area contributed by atoms with Crippen LogP contribution in [-0.2, 0) is 14.8 Å². The smallest absolute Gasteiger partial charge is 0.338 e. The lowest BCUT2D eigenvalue weighted by Gasteiger charge is -2.19. The Labute approximate surface area is 199 Å². The fourth-order valence-corrected chi connectivity index (χ4v) is 5.32. The lowest BCUT2D eigenvalue weighted by atomic mass is 10.1. The summed E-state index contributed by atoms with van der Waals surface area (Å²) in [4.78, 5) is 25.6. The van der Waals surface area contributed by atoms with Crippen LogP contribution in [0.25, 0.3) is 5.82 Å². The van der Waals surface area contributed by atoms with Crippen molar-refractivity contribution >= 4 is 21.8 Å². The second-order valence-electron chi connectivity index (χ2n) is 7.98. The van der Waals surface area contributed by atoms with Crippen molar-refractivity contribution in [1.29, 1.82) is 0 Å². The average molecular weight is 488 g/mol. The highest BCUT2D eigenvalue weighted by atomic mass is 32.2. The molecule has 0 N–H and O–H groups in total. The van der Waals surface area contributed by atoms with E-state index in [9.17, 15) is 18.0 Å². The molecule has 0 bridgehead atoms. The van der Waals surface area contributed by atoms with Gasteiger partial charge in [0.05, 0.1) is 10.5 Å². The van der Waals surface area contributed by atoms with E-state index in [1.54, 1.807) is 57.4 Å². The molecule has 2 heterocycles. The summed E-state index contributed by atoms with van der Waals surface area (Å²) in [6.45, 7) is 10.7. The summed E-state index contributed by atoms with van der Waals surface area (Å²) in [5, 5.41) is 4.00. The molecule has 0 saturated carbocycles. The van der Waals surface area contributed by atoms with Gasteiger partial charge in [-0.3, -0.25) is 9.36 Å². The highest BCUT2D eigenvalue weighted by Crippen LogP contribution is 2.23. The second kappa shape index (κ2) is 9.94. The first-order valence-corrected chi connectivity index (χ1v) is 12.4. The molecule has 34 heavy (non-hydrogen) atoms. The number of aryl methyl sites for hydroxylation is 3. The second-order valence-corrected chi connectivity index (χ2v) is 9.92. The highest BCUT2D eigenvalue weighted by Gasteiger charge is 2.25. The quantitative estimate of drug-likeness (QED) is 0.334. The number of esters is 1. The number of rotatable bonds is 9. The first-order valence-electron chi connectivity index (χ1n) is 10.9. The summed E-state index contributed by atoms with van der Waals surface area (Å²) in [5.41, 5.74) is 2.49. The third-order valence-electron chi connectivity index (χ3n) is 5.68. The van der Waals surface area contributed by atoms with Crippen molar-refractivity contribution in [3.8, 4) is 5.82 Å². The van der Waals surface area contributed by atoms with Crippen LogP contribution in [0, 0.1) is 27.7 Å². The monoisotopic (exact) mass is 487 g/mol. The molecule has 0 saturated heterocycles. The van der Waals surface area contributed by atoms with Crippen molar-refractivity contribution in [2.75, 3.05) is 19.7 Å². The van der Waals surface area contributed by atoms with Gasteiger partial charge in [0, 0.05) is 36.1 Å². The Morgan fingerprint density at radius 2 is 1.71 bits per heavy atom. The predicted octanol–water partition coefficient (Wildman–Crippen LogP) is 3.77. The Kier molecular flexibility index (Phi) is 7.42. The third-order valence-corrected chi connectivity index (χ3v) is 7.73. The van der Waals surface area contributed by atoms with Crippen LogP contribution in [0.5, 0.6) is 0 Å². The summed E-state index contributed by atoms with van der Waals surface area (Å²) >= 11 is 0. The first kappa shape index (κ1) is 25.4. The van der Waals surface area contributed by atoms with Crippen LogP contribution in [0.4, 0.5) is 0 Å². The van der Waals surface area contributed by atoms with Gasteiger partial charge in [0.2, 0.25) is 15.8 Å². The molecule has 10 heteroatoms. The summed E-state index contributed by atoms with van der Waals surface area (Å²) in [6.07, 6.45) is 0. The van der Waals surface area contributed by atoms with Gasteiger partial charge in [0.1, 0.15) is 5.76 Å². The molecule has 0 amide bonds. The molecule has 3 rings (SSSR count). The van der Waals surface area contributed by atoms with E-state index in [1.807, 2.05) is 6.92 Å². The molecule has 182 valence electrons. The molecule has 0 aliphatic carbocycles. The molecule has 1 aromatic carbocycles. The topological polar surface area (TPSA) is 112 Å². The molecule has 2 aromatic heterocycles. The van der Waals surface area contributed by atoms with E-state index in [2.05, 4.69) is 5.16 Å². The zero-order chi connectivity index (χ0) is 25.2. The molecule has 0 atom stereocenters. The summed E-state index contributed by atoms with van der Waals surface area (Å²) in [6, 6.07) is 7.79. The van der Waals surface area contributed by atoms with Crippen LogP contribution in [0.2, 0.25) is 0 Å². The number of carbonyl (C=O) groups excluding carboxylic acids is 2. The van der Waals surface area contributed by atoms with Gasteiger partial charge in [0.25, 0.3) is 0 Å². The predicted molar refractivity (Wildman–Crippen MR) is 126 cm³/mol. The van der Waals surface area contributed by atoms with E-state index in [-0.39, 0.29) is 16.2 Å². The maximum absolute atomic E-state index is 12.8. The van der Waals surface area contributed by atoms with E-state index < -0.39 is 22.6 Å². The average Bonchev–Trinajstić information content (AvgIpc) is 3.34. The van der Waals surface area contributed by atoms with E-state index in [0.717, 1.165) is 5.69 Å². The number of hydrogen-bond donors (Lipinski definition) is 0. The van der Waals surface area contributed by atoms with Crippen molar-refractivity contribution in [2.45, 2.75) is 46.4 Å². The number of ether oxygens (including phenoxy) is 1. The molecule has 0 unspecified atom stereocenters. The standard InChI is InChI=1S/C24H29N3O6S/c1-7-26(8-2)34(30,31)19-10-9-15(3)20(13-19)24(29)32-14-22(28)21-11-16(4)27(18(21)6)23-12-17(5)33-25-23/h9-13H,7-8,14H2,1-6H3. The Morgan fingerprint density at radius 3 is 2.29 bits per heavy atom. The SMILES string of the molecule is CCN(CC)S(=O)(=O)c1ccc(C)c(C(=O)OCC(=O)c2cc(C)n(-c3cc(C)on3)c2C)c1. The molecule has 0 radical (unpaired) electrons. The van der Waals surface area contributed by atoms with Crippen LogP contribution in [0.1, 0.15) is 57.3 Å². The Morgan fingerprint density at radius 1 is 1.03 bits per heavy atom. The van der Waals surface area contributed by atoms with Crippen LogP contribution in [0.3, 0.4) is 0 Å².